The van der Waals surface area contributed by atoms with E-state index < -0.39 is 0 Å². The summed E-state index contributed by atoms with van der Waals surface area (Å²) in [6, 6.07) is 13.6. The van der Waals surface area contributed by atoms with E-state index in [0.29, 0.717) is 19.6 Å². The quantitative estimate of drug-likeness (QED) is 0.576. The molecule has 0 unspecified atom stereocenters. The highest BCUT2D eigenvalue weighted by Crippen LogP contribution is 2.14. The van der Waals surface area contributed by atoms with Gasteiger partial charge < -0.3 is 14.2 Å². The van der Waals surface area contributed by atoms with E-state index in [1.54, 1.807) is 9.80 Å². The summed E-state index contributed by atoms with van der Waals surface area (Å²) in [4.78, 5) is 28.6. The summed E-state index contributed by atoms with van der Waals surface area (Å²) in [5.74, 6) is 1.60. The van der Waals surface area contributed by atoms with Gasteiger partial charge in [0.25, 0.3) is 0 Å². The average Bonchev–Trinajstić information content (AvgIpc) is 3.06. The van der Waals surface area contributed by atoms with Crippen molar-refractivity contribution in [1.29, 1.82) is 0 Å². The third kappa shape index (κ3) is 6.75. The fraction of sp³-hybridized carbons (Fsp3) is 0.429. The van der Waals surface area contributed by atoms with Crippen LogP contribution in [0.25, 0.3) is 0 Å². The molecular formula is C21H27ClN2O3. The van der Waals surface area contributed by atoms with Gasteiger partial charge in [-0.15, -0.1) is 11.6 Å². The first-order valence-electron chi connectivity index (χ1n) is 9.24. The zero-order valence-corrected chi connectivity index (χ0v) is 16.7. The van der Waals surface area contributed by atoms with Crippen LogP contribution in [-0.2, 0) is 22.7 Å². The molecule has 6 heteroatoms. The van der Waals surface area contributed by atoms with Crippen molar-refractivity contribution in [3.8, 4) is 0 Å². The number of furan rings is 1. The van der Waals surface area contributed by atoms with Crippen LogP contribution < -0.4 is 0 Å². The Morgan fingerprint density at radius 3 is 2.33 bits per heavy atom. The van der Waals surface area contributed by atoms with Crippen molar-refractivity contribution in [3.05, 3.63) is 59.5 Å². The predicted molar refractivity (Wildman–Crippen MR) is 106 cm³/mol. The van der Waals surface area contributed by atoms with E-state index in [1.165, 1.54) is 0 Å². The number of aryl methyl sites for hydroxylation is 1. The third-order valence-corrected chi connectivity index (χ3v) is 4.38. The number of carbonyl (C=O) groups is 2. The molecule has 0 aliphatic rings. The van der Waals surface area contributed by atoms with Crippen molar-refractivity contribution in [2.75, 3.05) is 19.0 Å². The zero-order valence-electron chi connectivity index (χ0n) is 16.0. The van der Waals surface area contributed by atoms with Crippen LogP contribution in [0.2, 0.25) is 0 Å². The average molecular weight is 391 g/mol. The fourth-order valence-electron chi connectivity index (χ4n) is 2.86. The number of benzene rings is 1. The van der Waals surface area contributed by atoms with Crippen molar-refractivity contribution >= 4 is 23.4 Å². The molecule has 0 saturated carbocycles. The van der Waals surface area contributed by atoms with Gasteiger partial charge in [0, 0.05) is 25.4 Å². The molecule has 0 radical (unpaired) electrons. The van der Waals surface area contributed by atoms with Crippen molar-refractivity contribution in [2.24, 2.45) is 0 Å². The van der Waals surface area contributed by atoms with Crippen molar-refractivity contribution < 1.29 is 14.0 Å². The predicted octanol–water partition coefficient (Wildman–Crippen LogP) is 3.98. The summed E-state index contributed by atoms with van der Waals surface area (Å²) in [6.07, 6.45) is 1.03. The summed E-state index contributed by atoms with van der Waals surface area (Å²) >= 11 is 5.70. The van der Waals surface area contributed by atoms with Gasteiger partial charge in [-0.2, -0.15) is 0 Å². The second-order valence-corrected chi connectivity index (χ2v) is 6.88. The van der Waals surface area contributed by atoms with Gasteiger partial charge in [-0.1, -0.05) is 37.3 Å². The minimum atomic E-state index is -0.107. The van der Waals surface area contributed by atoms with Crippen LogP contribution in [0.3, 0.4) is 0 Å². The molecule has 0 aliphatic carbocycles. The zero-order chi connectivity index (χ0) is 19.6. The number of carbonyl (C=O) groups excluding carboxylic acids is 2. The maximum absolute atomic E-state index is 13.0. The Balaban J connectivity index is 2.14. The van der Waals surface area contributed by atoms with Crippen LogP contribution in [0.1, 0.15) is 36.8 Å². The Bertz CT molecular complexity index is 730. The molecule has 0 spiro atoms. The lowest BCUT2D eigenvalue weighted by atomic mass is 10.2. The smallest absolute Gasteiger partial charge is 0.242 e. The highest BCUT2D eigenvalue weighted by atomic mass is 35.5. The SMILES string of the molecule is CCCN(CC(=O)N(Cc1ccccc1)Cc1ccc(C)o1)C(=O)CCCl. The summed E-state index contributed by atoms with van der Waals surface area (Å²) in [5.41, 5.74) is 1.03. The number of alkyl halides is 1. The van der Waals surface area contributed by atoms with Crippen LogP contribution in [0.15, 0.2) is 46.9 Å². The van der Waals surface area contributed by atoms with Gasteiger partial charge in [0.1, 0.15) is 11.5 Å². The third-order valence-electron chi connectivity index (χ3n) is 4.19. The number of hydrogen-bond acceptors (Lipinski definition) is 3. The van der Waals surface area contributed by atoms with E-state index >= 15 is 0 Å². The van der Waals surface area contributed by atoms with Crippen LogP contribution in [-0.4, -0.2) is 40.6 Å². The van der Waals surface area contributed by atoms with Crippen LogP contribution in [0.5, 0.6) is 0 Å². The monoisotopic (exact) mass is 390 g/mol. The molecule has 0 N–H and O–H groups in total. The normalized spacial score (nSPS) is 10.6. The minimum absolute atomic E-state index is 0.0517. The summed E-state index contributed by atoms with van der Waals surface area (Å²) in [5, 5.41) is 0. The Morgan fingerprint density at radius 1 is 1.00 bits per heavy atom. The first kappa shape index (κ1) is 21.0. The number of nitrogens with zero attached hydrogens (tertiary/aromatic N) is 2. The maximum Gasteiger partial charge on any atom is 0.242 e. The molecule has 1 aromatic carbocycles. The van der Waals surface area contributed by atoms with Crippen molar-refractivity contribution in [2.45, 2.75) is 39.8 Å². The molecule has 2 rings (SSSR count). The van der Waals surface area contributed by atoms with Crippen LogP contribution in [0.4, 0.5) is 0 Å². The lowest BCUT2D eigenvalue weighted by molar-refractivity contribution is -0.141. The highest BCUT2D eigenvalue weighted by molar-refractivity contribution is 6.18. The van der Waals surface area contributed by atoms with Gasteiger partial charge in [0.15, 0.2) is 0 Å². The summed E-state index contributed by atoms with van der Waals surface area (Å²) < 4.78 is 5.65. The Labute approximate surface area is 165 Å². The fourth-order valence-corrected chi connectivity index (χ4v) is 3.02. The van der Waals surface area contributed by atoms with E-state index in [0.717, 1.165) is 23.5 Å². The van der Waals surface area contributed by atoms with E-state index in [-0.39, 0.29) is 30.7 Å². The van der Waals surface area contributed by atoms with Crippen molar-refractivity contribution in [3.63, 3.8) is 0 Å². The lowest BCUT2D eigenvalue weighted by Gasteiger charge is -2.27. The minimum Gasteiger partial charge on any atom is -0.464 e. The largest absolute Gasteiger partial charge is 0.464 e. The molecule has 0 saturated heterocycles. The number of hydrogen-bond donors (Lipinski definition) is 0. The molecule has 1 heterocycles. The molecule has 0 aliphatic heterocycles. The molecule has 0 bridgehead atoms. The van der Waals surface area contributed by atoms with E-state index in [4.69, 9.17) is 16.0 Å². The number of amides is 2. The van der Waals surface area contributed by atoms with Gasteiger partial charge in [-0.25, -0.2) is 0 Å². The number of rotatable bonds is 10. The molecule has 146 valence electrons. The first-order valence-corrected chi connectivity index (χ1v) is 9.77. The van der Waals surface area contributed by atoms with Gasteiger partial charge in [0.2, 0.25) is 11.8 Å². The van der Waals surface area contributed by atoms with Gasteiger partial charge in [0.05, 0.1) is 13.1 Å². The van der Waals surface area contributed by atoms with E-state index in [1.807, 2.05) is 56.3 Å². The van der Waals surface area contributed by atoms with Crippen molar-refractivity contribution in [1.82, 2.24) is 9.80 Å². The van der Waals surface area contributed by atoms with E-state index in [2.05, 4.69) is 0 Å². The second-order valence-electron chi connectivity index (χ2n) is 6.50. The van der Waals surface area contributed by atoms with Gasteiger partial charge in [-0.05, 0) is 31.0 Å². The Morgan fingerprint density at radius 2 is 1.74 bits per heavy atom. The lowest BCUT2D eigenvalue weighted by Crippen LogP contribution is -2.42. The first-order chi connectivity index (χ1) is 13.0. The molecule has 27 heavy (non-hydrogen) atoms. The molecule has 1 aromatic heterocycles. The maximum atomic E-state index is 13.0. The summed E-state index contributed by atoms with van der Waals surface area (Å²) in [6.45, 7) is 5.28. The Kier molecular flexibility index (Phi) is 8.40. The van der Waals surface area contributed by atoms with Gasteiger partial charge in [-0.3, -0.25) is 9.59 Å². The standard InChI is InChI=1S/C21H27ClN2O3/c1-3-13-23(20(25)11-12-22)16-21(26)24(14-18-7-5-4-6-8-18)15-19-10-9-17(2)27-19/h4-10H,3,11-16H2,1-2H3. The van der Waals surface area contributed by atoms with Crippen LogP contribution in [0, 0.1) is 6.92 Å². The van der Waals surface area contributed by atoms with E-state index in [9.17, 15) is 9.59 Å². The van der Waals surface area contributed by atoms with Crippen LogP contribution >= 0.6 is 11.6 Å². The molecule has 0 fully saturated rings. The summed E-state index contributed by atoms with van der Waals surface area (Å²) in [7, 11) is 0. The topological polar surface area (TPSA) is 53.8 Å². The molecule has 0 atom stereocenters. The second kappa shape index (κ2) is 10.8. The molecular weight excluding hydrogens is 364 g/mol. The highest BCUT2D eigenvalue weighted by Gasteiger charge is 2.21. The number of halogens is 1. The molecule has 2 aromatic rings. The Hall–Kier alpha value is -2.27. The molecule has 2 amide bonds. The van der Waals surface area contributed by atoms with Gasteiger partial charge >= 0.3 is 0 Å². The molecule has 5 nitrogen and oxygen atoms in total.